The van der Waals surface area contributed by atoms with E-state index in [2.05, 4.69) is 47.0 Å². The predicted molar refractivity (Wildman–Crippen MR) is 90.0 cm³/mol. The molecular formula is C16H16BrClN2O. The van der Waals surface area contributed by atoms with Crippen LogP contribution in [0.2, 0.25) is 5.15 Å². The number of aromatic nitrogens is 1. The van der Waals surface area contributed by atoms with E-state index in [1.54, 1.807) is 12.3 Å². The van der Waals surface area contributed by atoms with E-state index in [1.165, 1.54) is 0 Å². The third-order valence-electron chi connectivity index (χ3n) is 3.03. The van der Waals surface area contributed by atoms with Gasteiger partial charge in [0.2, 0.25) is 0 Å². The van der Waals surface area contributed by atoms with Crippen LogP contribution < -0.4 is 5.32 Å². The van der Waals surface area contributed by atoms with Crippen molar-refractivity contribution in [1.29, 1.82) is 0 Å². The van der Waals surface area contributed by atoms with Gasteiger partial charge in [0.05, 0.1) is 5.56 Å². The van der Waals surface area contributed by atoms with Gasteiger partial charge in [-0.05, 0) is 39.0 Å². The molecule has 2 aromatic rings. The third kappa shape index (κ3) is 3.83. The van der Waals surface area contributed by atoms with Crippen molar-refractivity contribution in [2.75, 3.05) is 5.32 Å². The van der Waals surface area contributed by atoms with Gasteiger partial charge in [-0.1, -0.05) is 50.6 Å². The van der Waals surface area contributed by atoms with E-state index >= 15 is 0 Å². The summed E-state index contributed by atoms with van der Waals surface area (Å²) < 4.78 is 0.709. The molecule has 110 valence electrons. The number of pyridine rings is 1. The molecule has 0 bridgehead atoms. The zero-order valence-corrected chi connectivity index (χ0v) is 14.4. The molecule has 2 rings (SSSR count). The fourth-order valence-electron chi connectivity index (χ4n) is 2.02. The van der Waals surface area contributed by atoms with Gasteiger partial charge in [-0.15, -0.1) is 0 Å². The van der Waals surface area contributed by atoms with Crippen LogP contribution in [0.15, 0.2) is 41.0 Å². The Hall–Kier alpha value is -1.39. The Kier molecular flexibility index (Phi) is 4.69. The van der Waals surface area contributed by atoms with Gasteiger partial charge in [0, 0.05) is 16.4 Å². The summed E-state index contributed by atoms with van der Waals surface area (Å²) in [6, 6.07) is 9.41. The second-order valence-electron chi connectivity index (χ2n) is 5.74. The number of amides is 1. The fraction of sp³-hybridized carbons (Fsp3) is 0.250. The molecule has 1 amide bonds. The summed E-state index contributed by atoms with van der Waals surface area (Å²) in [4.78, 5) is 16.4. The SMILES string of the molecule is CC(C)(C)c1ccccc1NC(=O)c1cc(Br)cnc1Cl. The minimum Gasteiger partial charge on any atom is -0.322 e. The summed E-state index contributed by atoms with van der Waals surface area (Å²) in [7, 11) is 0. The Morgan fingerprint density at radius 3 is 2.62 bits per heavy atom. The molecule has 0 radical (unpaired) electrons. The molecule has 1 aromatic heterocycles. The van der Waals surface area contributed by atoms with Crippen molar-refractivity contribution in [2.45, 2.75) is 26.2 Å². The summed E-state index contributed by atoms with van der Waals surface area (Å²) in [6.07, 6.45) is 1.56. The highest BCUT2D eigenvalue weighted by Gasteiger charge is 2.20. The Balaban J connectivity index is 2.35. The Morgan fingerprint density at radius 2 is 1.95 bits per heavy atom. The van der Waals surface area contributed by atoms with Crippen molar-refractivity contribution in [3.8, 4) is 0 Å². The number of halogens is 2. The monoisotopic (exact) mass is 366 g/mol. The van der Waals surface area contributed by atoms with Gasteiger partial charge in [0.25, 0.3) is 5.91 Å². The molecule has 0 aliphatic rings. The molecule has 1 heterocycles. The molecule has 1 N–H and O–H groups in total. The summed E-state index contributed by atoms with van der Waals surface area (Å²) in [6.45, 7) is 6.31. The highest BCUT2D eigenvalue weighted by Crippen LogP contribution is 2.30. The van der Waals surface area contributed by atoms with E-state index in [1.807, 2.05) is 24.3 Å². The van der Waals surface area contributed by atoms with Crippen molar-refractivity contribution in [3.05, 3.63) is 57.3 Å². The molecule has 21 heavy (non-hydrogen) atoms. The minimum atomic E-state index is -0.273. The van der Waals surface area contributed by atoms with Crippen molar-refractivity contribution >= 4 is 39.1 Å². The second kappa shape index (κ2) is 6.16. The molecule has 0 fully saturated rings. The molecule has 0 atom stereocenters. The lowest BCUT2D eigenvalue weighted by atomic mass is 9.86. The number of rotatable bonds is 2. The Morgan fingerprint density at radius 1 is 1.29 bits per heavy atom. The first kappa shape index (κ1) is 16.0. The molecule has 0 aliphatic heterocycles. The maximum Gasteiger partial charge on any atom is 0.258 e. The average Bonchev–Trinajstić information content (AvgIpc) is 2.41. The zero-order chi connectivity index (χ0) is 15.6. The van der Waals surface area contributed by atoms with Crippen LogP contribution in [0.5, 0.6) is 0 Å². The van der Waals surface area contributed by atoms with E-state index in [4.69, 9.17) is 11.6 Å². The van der Waals surface area contributed by atoms with Crippen LogP contribution in [0.4, 0.5) is 5.69 Å². The van der Waals surface area contributed by atoms with Gasteiger partial charge in [-0.3, -0.25) is 4.79 Å². The van der Waals surface area contributed by atoms with E-state index in [9.17, 15) is 4.79 Å². The number of benzene rings is 1. The van der Waals surface area contributed by atoms with Gasteiger partial charge >= 0.3 is 0 Å². The normalized spacial score (nSPS) is 11.3. The lowest BCUT2D eigenvalue weighted by Gasteiger charge is -2.23. The lowest BCUT2D eigenvalue weighted by molar-refractivity contribution is 0.102. The molecule has 5 heteroatoms. The van der Waals surface area contributed by atoms with Crippen LogP contribution >= 0.6 is 27.5 Å². The van der Waals surface area contributed by atoms with Crippen LogP contribution in [-0.2, 0) is 5.41 Å². The van der Waals surface area contributed by atoms with Crippen molar-refractivity contribution in [2.24, 2.45) is 0 Å². The van der Waals surface area contributed by atoms with Crippen molar-refractivity contribution in [1.82, 2.24) is 4.98 Å². The van der Waals surface area contributed by atoms with E-state index in [-0.39, 0.29) is 16.5 Å². The lowest BCUT2D eigenvalue weighted by Crippen LogP contribution is -2.19. The highest BCUT2D eigenvalue weighted by atomic mass is 79.9. The minimum absolute atomic E-state index is 0.0663. The van der Waals surface area contributed by atoms with Crippen molar-refractivity contribution in [3.63, 3.8) is 0 Å². The predicted octanol–water partition coefficient (Wildman–Crippen LogP) is 5.05. The van der Waals surface area contributed by atoms with Gasteiger partial charge in [-0.25, -0.2) is 4.98 Å². The number of hydrogen-bond acceptors (Lipinski definition) is 2. The summed E-state index contributed by atoms with van der Waals surface area (Å²) >= 11 is 9.29. The molecule has 3 nitrogen and oxygen atoms in total. The maximum absolute atomic E-state index is 12.4. The number of carbonyl (C=O) groups is 1. The number of nitrogens with zero attached hydrogens (tertiary/aromatic N) is 1. The fourth-order valence-corrected chi connectivity index (χ4v) is 2.54. The summed E-state index contributed by atoms with van der Waals surface area (Å²) in [5.41, 5.74) is 2.13. The van der Waals surface area contributed by atoms with Gasteiger partial charge in [0.15, 0.2) is 0 Å². The third-order valence-corrected chi connectivity index (χ3v) is 3.77. The van der Waals surface area contributed by atoms with Gasteiger partial charge in [0.1, 0.15) is 5.15 Å². The smallest absolute Gasteiger partial charge is 0.258 e. The quantitative estimate of drug-likeness (QED) is 0.755. The number of para-hydroxylation sites is 1. The van der Waals surface area contributed by atoms with Gasteiger partial charge < -0.3 is 5.32 Å². The zero-order valence-electron chi connectivity index (χ0n) is 12.1. The Bertz CT molecular complexity index is 680. The standard InChI is InChI=1S/C16H16BrClN2O/c1-16(2,3)12-6-4-5-7-13(12)20-15(21)11-8-10(17)9-19-14(11)18/h4-9H,1-3H3,(H,20,21). The Labute approximate surface area is 137 Å². The van der Waals surface area contributed by atoms with Crippen LogP contribution in [0.25, 0.3) is 0 Å². The van der Waals surface area contributed by atoms with E-state index in [0.717, 1.165) is 11.3 Å². The molecular weight excluding hydrogens is 352 g/mol. The van der Waals surface area contributed by atoms with E-state index < -0.39 is 0 Å². The molecule has 0 saturated carbocycles. The van der Waals surface area contributed by atoms with Gasteiger partial charge in [-0.2, -0.15) is 0 Å². The van der Waals surface area contributed by atoms with Crippen LogP contribution in [-0.4, -0.2) is 10.9 Å². The highest BCUT2D eigenvalue weighted by molar-refractivity contribution is 9.10. The first-order valence-electron chi connectivity index (χ1n) is 6.51. The molecule has 0 spiro atoms. The molecule has 0 saturated heterocycles. The number of hydrogen-bond donors (Lipinski definition) is 1. The average molecular weight is 368 g/mol. The van der Waals surface area contributed by atoms with Crippen LogP contribution in [0.1, 0.15) is 36.7 Å². The summed E-state index contributed by atoms with van der Waals surface area (Å²) in [5, 5.41) is 3.10. The maximum atomic E-state index is 12.4. The van der Waals surface area contributed by atoms with Crippen molar-refractivity contribution < 1.29 is 4.79 Å². The molecule has 0 unspecified atom stereocenters. The topological polar surface area (TPSA) is 42.0 Å². The first-order valence-corrected chi connectivity index (χ1v) is 7.68. The van der Waals surface area contributed by atoms with Crippen LogP contribution in [0, 0.1) is 0 Å². The number of carbonyl (C=O) groups excluding carboxylic acids is 1. The summed E-state index contributed by atoms with van der Waals surface area (Å²) in [5.74, 6) is -0.273. The molecule has 1 aromatic carbocycles. The largest absolute Gasteiger partial charge is 0.322 e. The number of nitrogens with one attached hydrogen (secondary N) is 1. The first-order chi connectivity index (χ1) is 9.79. The number of anilines is 1. The van der Waals surface area contributed by atoms with E-state index in [0.29, 0.717) is 10.0 Å². The second-order valence-corrected chi connectivity index (χ2v) is 7.02. The molecule has 0 aliphatic carbocycles. The van der Waals surface area contributed by atoms with Crippen LogP contribution in [0.3, 0.4) is 0 Å².